The molecule has 0 bridgehead atoms. The zero-order valence-corrected chi connectivity index (χ0v) is 22.9. The van der Waals surface area contributed by atoms with Crippen LogP contribution in [0.15, 0.2) is 43.0 Å². The monoisotopic (exact) mass is 576 g/mol. The van der Waals surface area contributed by atoms with Crippen molar-refractivity contribution >= 4 is 30.8 Å². The molecule has 4 heterocycles. The molecule has 2 aromatic heterocycles. The molecule has 40 heavy (non-hydrogen) atoms. The fourth-order valence-corrected chi connectivity index (χ4v) is 5.21. The van der Waals surface area contributed by atoms with Crippen LogP contribution in [0, 0.1) is 0 Å². The number of unbranched alkanes of at least 4 members (excludes halogenated alkanes) is 3. The van der Waals surface area contributed by atoms with Crippen LogP contribution in [0.25, 0.3) is 11.2 Å². The van der Waals surface area contributed by atoms with Gasteiger partial charge in [0.1, 0.15) is 24.6 Å². The van der Waals surface area contributed by atoms with Crippen molar-refractivity contribution in [3.05, 3.63) is 48.5 Å². The number of imidazole rings is 1. The Bertz CT molecular complexity index is 1340. The Hall–Kier alpha value is -2.97. The molecule has 0 aliphatic carbocycles. The smallest absolute Gasteiger partial charge is 0.347 e. The number of carbonyl (C=O) groups is 1. The van der Waals surface area contributed by atoms with Crippen LogP contribution in [0.2, 0.25) is 0 Å². The van der Waals surface area contributed by atoms with Gasteiger partial charge in [0.15, 0.2) is 29.5 Å². The van der Waals surface area contributed by atoms with Crippen molar-refractivity contribution in [3.8, 4) is 0 Å². The van der Waals surface area contributed by atoms with Gasteiger partial charge in [-0.15, -0.1) is 0 Å². The van der Waals surface area contributed by atoms with Gasteiger partial charge >= 0.3 is 13.9 Å². The Balaban J connectivity index is 1.33. The topological polar surface area (TPSA) is 179 Å². The number of fused-ring (bicyclic) bond motifs is 2. The Morgan fingerprint density at radius 1 is 1.07 bits per heavy atom. The van der Waals surface area contributed by atoms with E-state index in [1.165, 1.54) is 12.7 Å². The lowest BCUT2D eigenvalue weighted by Gasteiger charge is -2.21. The first-order valence-electron chi connectivity index (χ1n) is 13.2. The second kappa shape index (κ2) is 12.7. The first-order valence-corrected chi connectivity index (χ1v) is 14.8. The number of benzene rings is 1. The van der Waals surface area contributed by atoms with Gasteiger partial charge in [-0.05, 0) is 12.0 Å². The number of urea groups is 1. The summed E-state index contributed by atoms with van der Waals surface area (Å²) in [5, 5.41) is 5.55. The predicted molar refractivity (Wildman–Crippen MR) is 142 cm³/mol. The maximum atomic E-state index is 12.4. The first kappa shape index (κ1) is 28.6. The predicted octanol–water partition coefficient (Wildman–Crippen LogP) is 2.89. The number of rotatable bonds is 12. The van der Waals surface area contributed by atoms with Gasteiger partial charge in [0, 0.05) is 13.0 Å². The van der Waals surface area contributed by atoms with Gasteiger partial charge < -0.3 is 29.3 Å². The minimum absolute atomic E-state index is 0.233. The number of anilines is 1. The molecule has 2 aliphatic heterocycles. The number of nitrogens with zero attached hydrogens (tertiary/aromatic N) is 4. The van der Waals surface area contributed by atoms with Gasteiger partial charge in [0.05, 0.1) is 12.9 Å². The van der Waals surface area contributed by atoms with Gasteiger partial charge in [-0.25, -0.2) is 24.3 Å². The molecular weight excluding hydrogens is 543 g/mol. The highest BCUT2D eigenvalue weighted by Gasteiger charge is 2.54. The SMILES string of the molecule is CCCCCCNC(=O)Nc1ncnc2c1ncn2[C@@H]1O[C@H](COP(=O)(O)O)[C@@H]2OC(Cc3ccccc3)OC21. The van der Waals surface area contributed by atoms with Crippen molar-refractivity contribution in [3.63, 3.8) is 0 Å². The molecule has 0 radical (unpaired) electrons. The quantitative estimate of drug-likeness (QED) is 0.184. The Labute approximate surface area is 230 Å². The molecule has 15 heteroatoms. The Morgan fingerprint density at radius 3 is 2.65 bits per heavy atom. The van der Waals surface area contributed by atoms with Gasteiger partial charge in [0.25, 0.3) is 0 Å². The highest BCUT2D eigenvalue weighted by atomic mass is 31.2. The molecule has 2 unspecified atom stereocenters. The van der Waals surface area contributed by atoms with Crippen molar-refractivity contribution in [2.24, 2.45) is 0 Å². The number of nitrogens with one attached hydrogen (secondary N) is 2. The van der Waals surface area contributed by atoms with E-state index < -0.39 is 51.3 Å². The van der Waals surface area contributed by atoms with Gasteiger partial charge in [-0.2, -0.15) is 0 Å². The number of hydrogen-bond donors (Lipinski definition) is 4. The van der Waals surface area contributed by atoms with E-state index in [2.05, 4.69) is 32.5 Å². The van der Waals surface area contributed by atoms with Crippen LogP contribution in [0.3, 0.4) is 0 Å². The number of hydrogen-bond acceptors (Lipinski definition) is 9. The fourth-order valence-electron chi connectivity index (χ4n) is 4.87. The first-order chi connectivity index (χ1) is 19.3. The molecule has 1 aromatic carbocycles. The summed E-state index contributed by atoms with van der Waals surface area (Å²) in [4.78, 5) is 43.8. The summed E-state index contributed by atoms with van der Waals surface area (Å²) in [6, 6.07) is 9.28. The van der Waals surface area contributed by atoms with Crippen LogP contribution in [0.5, 0.6) is 0 Å². The molecule has 2 saturated heterocycles. The van der Waals surface area contributed by atoms with Crippen LogP contribution in [0.4, 0.5) is 10.6 Å². The van der Waals surface area contributed by atoms with E-state index in [-0.39, 0.29) is 5.82 Å². The molecule has 2 amide bonds. The highest BCUT2D eigenvalue weighted by Crippen LogP contribution is 2.43. The molecule has 0 spiro atoms. The summed E-state index contributed by atoms with van der Waals surface area (Å²) in [6.07, 6.45) is 3.89. The Morgan fingerprint density at radius 2 is 1.88 bits per heavy atom. The molecule has 2 aliphatic rings. The lowest BCUT2D eigenvalue weighted by atomic mass is 10.1. The van der Waals surface area contributed by atoms with Crippen LogP contribution in [-0.2, 0) is 29.7 Å². The third kappa shape index (κ3) is 6.84. The number of amides is 2. The normalized spacial score (nSPS) is 24.3. The third-order valence-corrected chi connectivity index (χ3v) is 7.22. The summed E-state index contributed by atoms with van der Waals surface area (Å²) in [6.45, 7) is 2.27. The number of ether oxygens (including phenoxy) is 3. The largest absolute Gasteiger partial charge is 0.469 e. The van der Waals surface area contributed by atoms with E-state index >= 15 is 0 Å². The molecule has 4 N–H and O–H groups in total. The maximum absolute atomic E-state index is 12.4. The number of phosphoric ester groups is 1. The van der Waals surface area contributed by atoms with Crippen molar-refractivity contribution in [1.82, 2.24) is 24.8 Å². The van der Waals surface area contributed by atoms with Gasteiger partial charge in [-0.3, -0.25) is 14.4 Å². The van der Waals surface area contributed by atoms with E-state index in [1.807, 2.05) is 30.3 Å². The van der Waals surface area contributed by atoms with Gasteiger partial charge in [-0.1, -0.05) is 56.5 Å². The van der Waals surface area contributed by atoms with E-state index in [0.717, 1.165) is 31.2 Å². The summed E-state index contributed by atoms with van der Waals surface area (Å²) < 4.78 is 36.3. The van der Waals surface area contributed by atoms with Crippen molar-refractivity contribution < 1.29 is 37.9 Å². The summed E-state index contributed by atoms with van der Waals surface area (Å²) in [5.74, 6) is 0.233. The summed E-state index contributed by atoms with van der Waals surface area (Å²) in [5.41, 5.74) is 1.73. The summed E-state index contributed by atoms with van der Waals surface area (Å²) >= 11 is 0. The van der Waals surface area contributed by atoms with E-state index in [4.69, 9.17) is 18.7 Å². The molecule has 2 fully saturated rings. The van der Waals surface area contributed by atoms with Crippen molar-refractivity contribution in [2.45, 2.75) is 69.9 Å². The minimum atomic E-state index is -4.74. The minimum Gasteiger partial charge on any atom is -0.347 e. The van der Waals surface area contributed by atoms with E-state index in [1.54, 1.807) is 4.57 Å². The highest BCUT2D eigenvalue weighted by molar-refractivity contribution is 7.46. The number of aromatic nitrogens is 4. The van der Waals surface area contributed by atoms with Gasteiger partial charge in [0.2, 0.25) is 0 Å². The zero-order valence-electron chi connectivity index (χ0n) is 22.0. The fraction of sp³-hybridized carbons (Fsp3) is 0.520. The lowest BCUT2D eigenvalue weighted by molar-refractivity contribution is -0.149. The molecule has 0 saturated carbocycles. The molecule has 5 atom stereocenters. The van der Waals surface area contributed by atoms with Crippen LogP contribution < -0.4 is 10.6 Å². The molecule has 216 valence electrons. The Kier molecular flexibility index (Phi) is 9.06. The molecule has 14 nitrogen and oxygen atoms in total. The average molecular weight is 577 g/mol. The van der Waals surface area contributed by atoms with Crippen molar-refractivity contribution in [1.29, 1.82) is 0 Å². The summed E-state index contributed by atoms with van der Waals surface area (Å²) in [7, 11) is -4.74. The number of phosphoric acid groups is 1. The molecule has 3 aromatic rings. The second-order valence-corrected chi connectivity index (χ2v) is 10.9. The zero-order chi connectivity index (χ0) is 28.1. The van der Waals surface area contributed by atoms with Crippen LogP contribution in [0.1, 0.15) is 44.4 Å². The third-order valence-electron chi connectivity index (χ3n) is 6.74. The molecular formula is C25H33N6O8P. The average Bonchev–Trinajstić information content (AvgIpc) is 3.62. The van der Waals surface area contributed by atoms with E-state index in [9.17, 15) is 19.1 Å². The standard InChI is InChI=1S/C25H33N6O8P/c1-2-3-4-8-11-26-25(32)30-22-19-23(28-14-27-22)31(15-29-19)24-21-20(17(37-24)13-36-40(33,34)35)38-18(39-21)12-16-9-6-5-7-10-16/h5-7,9-10,14-15,17-18,20-21,24H,2-4,8,11-13H2,1H3,(H2,33,34,35)(H2,26,27,28,30,32)/t17-,18?,20+,21?,24-/m1/s1. The molecule has 5 rings (SSSR count). The van der Waals surface area contributed by atoms with Crippen molar-refractivity contribution in [2.75, 3.05) is 18.5 Å². The van der Waals surface area contributed by atoms with Crippen LogP contribution in [-0.4, -0.2) is 73.1 Å². The van der Waals surface area contributed by atoms with Crippen LogP contribution >= 0.6 is 7.82 Å². The second-order valence-electron chi connectivity index (χ2n) is 9.66. The lowest BCUT2D eigenvalue weighted by Crippen LogP contribution is -2.31. The maximum Gasteiger partial charge on any atom is 0.469 e. The number of carbonyl (C=O) groups excluding carboxylic acids is 1. The van der Waals surface area contributed by atoms with E-state index in [0.29, 0.717) is 24.1 Å².